The van der Waals surface area contributed by atoms with Crippen molar-refractivity contribution < 1.29 is 4.39 Å². The average Bonchev–Trinajstić information content (AvgIpc) is 2.95. The van der Waals surface area contributed by atoms with E-state index in [1.807, 2.05) is 24.5 Å². The van der Waals surface area contributed by atoms with Crippen LogP contribution in [0.1, 0.15) is 19.4 Å². The molecule has 0 fully saturated rings. The zero-order valence-corrected chi connectivity index (χ0v) is 17.3. The van der Waals surface area contributed by atoms with E-state index in [0.29, 0.717) is 5.92 Å². The highest BCUT2D eigenvalue weighted by Gasteiger charge is 2.11. The summed E-state index contributed by atoms with van der Waals surface area (Å²) in [6.45, 7) is 6.35. The molecule has 1 N–H and O–H groups in total. The molecular formula is C22H28FN3S. The van der Waals surface area contributed by atoms with E-state index >= 15 is 0 Å². The number of aromatic nitrogens is 1. The molecule has 0 radical (unpaired) electrons. The molecule has 27 heavy (non-hydrogen) atoms. The first-order valence-corrected chi connectivity index (χ1v) is 10.2. The van der Waals surface area contributed by atoms with Crippen LogP contribution in [0.3, 0.4) is 0 Å². The van der Waals surface area contributed by atoms with Crippen molar-refractivity contribution in [1.29, 1.82) is 0 Å². The lowest BCUT2D eigenvalue weighted by Crippen LogP contribution is -2.15. The molecule has 0 bridgehead atoms. The fraction of sp³-hybridized carbons (Fsp3) is 0.364. The van der Waals surface area contributed by atoms with Crippen LogP contribution in [0.25, 0.3) is 22.0 Å². The molecule has 3 rings (SSSR count). The minimum Gasteiger partial charge on any atom is -0.347 e. The van der Waals surface area contributed by atoms with Crippen molar-refractivity contribution in [3.05, 3.63) is 60.0 Å². The number of hydrogen-bond acceptors (Lipinski definition) is 3. The maximum Gasteiger partial charge on any atom is 0.123 e. The van der Waals surface area contributed by atoms with Gasteiger partial charge in [0.15, 0.2) is 0 Å². The lowest BCUT2D eigenvalue weighted by molar-refractivity contribution is 0.534. The molecule has 0 spiro atoms. The van der Waals surface area contributed by atoms with Gasteiger partial charge in [0.25, 0.3) is 0 Å². The number of rotatable bonds is 8. The molecule has 1 aromatic heterocycles. The Morgan fingerprint density at radius 2 is 1.89 bits per heavy atom. The van der Waals surface area contributed by atoms with Gasteiger partial charge in [0.1, 0.15) is 5.82 Å². The fourth-order valence-electron chi connectivity index (χ4n) is 3.32. The smallest absolute Gasteiger partial charge is 0.123 e. The standard InChI is InChI=1S/C22H28FN3S/c1-16(2)14-26-15-19(10-11-24-27-25(3)4)21-9-8-18(13-22(21)26)17-6-5-7-20(23)12-17/h5-9,12-13,15-16,24H,10-11,14H2,1-4H3. The van der Waals surface area contributed by atoms with Crippen LogP contribution in [0.5, 0.6) is 0 Å². The Kier molecular flexibility index (Phi) is 6.58. The van der Waals surface area contributed by atoms with Crippen molar-refractivity contribution in [3.8, 4) is 11.1 Å². The number of fused-ring (bicyclic) bond motifs is 1. The Bertz CT molecular complexity index is 902. The largest absolute Gasteiger partial charge is 0.347 e. The zero-order chi connectivity index (χ0) is 19.4. The third-order valence-electron chi connectivity index (χ3n) is 4.43. The molecule has 2 aromatic carbocycles. The van der Waals surface area contributed by atoms with Crippen LogP contribution in [0.4, 0.5) is 4.39 Å². The van der Waals surface area contributed by atoms with Crippen LogP contribution in [0.2, 0.25) is 0 Å². The molecule has 0 saturated carbocycles. The van der Waals surface area contributed by atoms with Crippen LogP contribution in [0, 0.1) is 11.7 Å². The zero-order valence-electron chi connectivity index (χ0n) is 16.5. The van der Waals surface area contributed by atoms with Crippen molar-refractivity contribution in [2.24, 2.45) is 5.92 Å². The predicted octanol–water partition coefficient (Wildman–Crippen LogP) is 5.36. The third kappa shape index (κ3) is 5.12. The summed E-state index contributed by atoms with van der Waals surface area (Å²) in [6, 6.07) is 13.3. The van der Waals surface area contributed by atoms with Gasteiger partial charge in [-0.05, 0) is 61.3 Å². The summed E-state index contributed by atoms with van der Waals surface area (Å²) in [4.78, 5) is 0. The average molecular weight is 386 g/mol. The molecule has 1 heterocycles. The number of nitrogens with zero attached hydrogens (tertiary/aromatic N) is 2. The Morgan fingerprint density at radius 1 is 1.11 bits per heavy atom. The maximum atomic E-state index is 13.6. The van der Waals surface area contributed by atoms with Gasteiger partial charge in [-0.2, -0.15) is 0 Å². The second-order valence-electron chi connectivity index (χ2n) is 7.49. The molecule has 0 aliphatic carbocycles. The summed E-state index contributed by atoms with van der Waals surface area (Å²) in [6.07, 6.45) is 3.25. The van der Waals surface area contributed by atoms with Crippen LogP contribution >= 0.6 is 12.1 Å². The molecule has 0 atom stereocenters. The summed E-state index contributed by atoms with van der Waals surface area (Å²) in [7, 11) is 4.06. The van der Waals surface area contributed by atoms with Crippen molar-refractivity contribution in [1.82, 2.24) is 13.6 Å². The third-order valence-corrected chi connectivity index (χ3v) is 5.13. The van der Waals surface area contributed by atoms with Gasteiger partial charge < -0.3 is 4.57 Å². The number of hydrogen-bond donors (Lipinski definition) is 1. The molecule has 0 aliphatic rings. The van der Waals surface area contributed by atoms with Crippen molar-refractivity contribution in [2.75, 3.05) is 20.6 Å². The van der Waals surface area contributed by atoms with Gasteiger partial charge in [-0.25, -0.2) is 8.70 Å². The van der Waals surface area contributed by atoms with Gasteiger partial charge in [0.2, 0.25) is 0 Å². The quantitative estimate of drug-likeness (QED) is 0.416. The van der Waals surface area contributed by atoms with E-state index in [1.54, 1.807) is 24.3 Å². The molecule has 0 amide bonds. The molecule has 3 aromatic rings. The Labute approximate surface area is 165 Å². The van der Waals surface area contributed by atoms with Crippen LogP contribution in [-0.2, 0) is 13.0 Å². The maximum absolute atomic E-state index is 13.6. The van der Waals surface area contributed by atoms with E-state index in [4.69, 9.17) is 0 Å². The SMILES string of the molecule is CC(C)Cn1cc(CCNSN(C)C)c2ccc(-c3cccc(F)c3)cc21. The summed E-state index contributed by atoms with van der Waals surface area (Å²) in [5.41, 5.74) is 4.54. The molecule has 3 nitrogen and oxygen atoms in total. The lowest BCUT2D eigenvalue weighted by atomic mass is 10.0. The molecule has 0 saturated heterocycles. The summed E-state index contributed by atoms with van der Waals surface area (Å²) < 4.78 is 21.4. The highest BCUT2D eigenvalue weighted by Crippen LogP contribution is 2.29. The molecule has 0 unspecified atom stereocenters. The first-order valence-electron chi connectivity index (χ1n) is 9.39. The van der Waals surface area contributed by atoms with Gasteiger partial charge in [0, 0.05) is 42.3 Å². The first kappa shape index (κ1) is 19.9. The first-order chi connectivity index (χ1) is 12.9. The normalized spacial score (nSPS) is 11.8. The minimum absolute atomic E-state index is 0.199. The van der Waals surface area contributed by atoms with Crippen molar-refractivity contribution >= 4 is 23.0 Å². The lowest BCUT2D eigenvalue weighted by Gasteiger charge is -2.09. The van der Waals surface area contributed by atoms with Gasteiger partial charge in [-0.3, -0.25) is 4.72 Å². The molecule has 144 valence electrons. The Balaban J connectivity index is 1.93. The van der Waals surface area contributed by atoms with E-state index in [1.165, 1.54) is 22.5 Å². The minimum atomic E-state index is -0.199. The Morgan fingerprint density at radius 3 is 2.59 bits per heavy atom. The highest BCUT2D eigenvalue weighted by atomic mass is 32.2. The number of nitrogens with one attached hydrogen (secondary N) is 1. The summed E-state index contributed by atoms with van der Waals surface area (Å²) >= 11 is 1.62. The second kappa shape index (κ2) is 8.91. The van der Waals surface area contributed by atoms with E-state index in [2.05, 4.69) is 47.5 Å². The Hall–Kier alpha value is -1.82. The van der Waals surface area contributed by atoms with Crippen LogP contribution in [0.15, 0.2) is 48.7 Å². The highest BCUT2D eigenvalue weighted by molar-refractivity contribution is 7.95. The van der Waals surface area contributed by atoms with Gasteiger partial charge in [-0.1, -0.05) is 38.1 Å². The van der Waals surface area contributed by atoms with Gasteiger partial charge >= 0.3 is 0 Å². The fourth-order valence-corrected chi connectivity index (χ4v) is 3.77. The molecule has 5 heteroatoms. The van der Waals surface area contributed by atoms with E-state index < -0.39 is 0 Å². The predicted molar refractivity (Wildman–Crippen MR) is 115 cm³/mol. The van der Waals surface area contributed by atoms with E-state index in [0.717, 1.165) is 30.6 Å². The monoisotopic (exact) mass is 385 g/mol. The van der Waals surface area contributed by atoms with E-state index in [9.17, 15) is 4.39 Å². The number of benzene rings is 2. The second-order valence-corrected chi connectivity index (χ2v) is 8.69. The van der Waals surface area contributed by atoms with Crippen LogP contribution in [-0.4, -0.2) is 29.5 Å². The van der Waals surface area contributed by atoms with Gasteiger partial charge in [-0.15, -0.1) is 0 Å². The summed E-state index contributed by atoms with van der Waals surface area (Å²) in [5.74, 6) is 0.365. The van der Waals surface area contributed by atoms with Crippen LogP contribution < -0.4 is 4.72 Å². The topological polar surface area (TPSA) is 20.2 Å². The molecule has 0 aliphatic heterocycles. The van der Waals surface area contributed by atoms with Crippen molar-refractivity contribution in [3.63, 3.8) is 0 Å². The summed E-state index contributed by atoms with van der Waals surface area (Å²) in [5, 5.41) is 1.28. The molecular weight excluding hydrogens is 357 g/mol. The van der Waals surface area contributed by atoms with E-state index in [-0.39, 0.29) is 5.82 Å². The number of halogens is 1. The van der Waals surface area contributed by atoms with Crippen molar-refractivity contribution in [2.45, 2.75) is 26.8 Å². The van der Waals surface area contributed by atoms with Gasteiger partial charge in [0.05, 0.1) is 0 Å².